The van der Waals surface area contributed by atoms with E-state index in [1.54, 1.807) is 4.90 Å². The molecule has 0 radical (unpaired) electrons. The number of likely N-dealkylation sites (N-methyl/N-ethyl adjacent to an activating group) is 1. The van der Waals surface area contributed by atoms with E-state index in [4.69, 9.17) is 0 Å². The van der Waals surface area contributed by atoms with Crippen LogP contribution in [-0.2, 0) is 9.59 Å². The van der Waals surface area contributed by atoms with Crippen molar-refractivity contribution in [3.63, 3.8) is 0 Å². The van der Waals surface area contributed by atoms with E-state index in [2.05, 4.69) is 10.6 Å². The summed E-state index contributed by atoms with van der Waals surface area (Å²) < 4.78 is 0. The van der Waals surface area contributed by atoms with Gasteiger partial charge in [-0.25, -0.2) is 0 Å². The van der Waals surface area contributed by atoms with Crippen molar-refractivity contribution in [1.82, 2.24) is 15.5 Å². The van der Waals surface area contributed by atoms with Crippen molar-refractivity contribution in [2.24, 2.45) is 0 Å². The summed E-state index contributed by atoms with van der Waals surface area (Å²) in [7, 11) is 0. The predicted octanol–water partition coefficient (Wildman–Crippen LogP) is -0.277. The second-order valence-electron chi connectivity index (χ2n) is 4.02. The number of rotatable bonds is 5. The summed E-state index contributed by atoms with van der Waals surface area (Å²) in [6.07, 6.45) is 1.71. The van der Waals surface area contributed by atoms with Gasteiger partial charge in [0.2, 0.25) is 11.8 Å². The highest BCUT2D eigenvalue weighted by Gasteiger charge is 2.31. The van der Waals surface area contributed by atoms with E-state index in [1.807, 2.05) is 6.92 Å². The number of carbonyl (C=O) groups is 2. The topological polar surface area (TPSA) is 61.4 Å². The van der Waals surface area contributed by atoms with Gasteiger partial charge in [0.05, 0.1) is 0 Å². The van der Waals surface area contributed by atoms with Gasteiger partial charge >= 0.3 is 0 Å². The zero-order valence-electron chi connectivity index (χ0n) is 10.1. The molecule has 1 aliphatic rings. The summed E-state index contributed by atoms with van der Waals surface area (Å²) in [5, 5.41) is 5.98. The average Bonchev–Trinajstić information content (AvgIpc) is 2.73. The van der Waals surface area contributed by atoms with E-state index in [9.17, 15) is 9.59 Å². The second-order valence-corrected chi connectivity index (χ2v) is 4.02. The first-order chi connectivity index (χ1) is 7.66. The molecule has 0 aromatic heterocycles. The number of nitrogens with one attached hydrogen (secondary N) is 2. The van der Waals surface area contributed by atoms with Gasteiger partial charge in [0, 0.05) is 26.6 Å². The van der Waals surface area contributed by atoms with Crippen molar-refractivity contribution >= 4 is 11.8 Å². The van der Waals surface area contributed by atoms with Crippen molar-refractivity contribution in [1.29, 1.82) is 0 Å². The van der Waals surface area contributed by atoms with Crippen molar-refractivity contribution < 1.29 is 9.59 Å². The molecule has 0 aromatic carbocycles. The van der Waals surface area contributed by atoms with Crippen molar-refractivity contribution in [2.45, 2.75) is 32.7 Å². The number of hydrogen-bond acceptors (Lipinski definition) is 3. The molecule has 2 N–H and O–H groups in total. The lowest BCUT2D eigenvalue weighted by Gasteiger charge is -2.22. The van der Waals surface area contributed by atoms with Gasteiger partial charge in [-0.15, -0.1) is 0 Å². The van der Waals surface area contributed by atoms with E-state index in [-0.39, 0.29) is 17.9 Å². The van der Waals surface area contributed by atoms with Crippen LogP contribution in [0, 0.1) is 0 Å². The maximum absolute atomic E-state index is 11.8. The van der Waals surface area contributed by atoms with Crippen LogP contribution < -0.4 is 10.6 Å². The second kappa shape index (κ2) is 6.48. The van der Waals surface area contributed by atoms with E-state index in [1.165, 1.54) is 6.92 Å². The van der Waals surface area contributed by atoms with Crippen molar-refractivity contribution in [3.8, 4) is 0 Å². The zero-order chi connectivity index (χ0) is 12.0. The van der Waals surface area contributed by atoms with Crippen LogP contribution in [0.2, 0.25) is 0 Å². The molecule has 0 spiro atoms. The van der Waals surface area contributed by atoms with Crippen LogP contribution in [0.4, 0.5) is 0 Å². The fraction of sp³-hybridized carbons (Fsp3) is 0.818. The van der Waals surface area contributed by atoms with Crippen LogP contribution in [0.1, 0.15) is 26.7 Å². The minimum atomic E-state index is -0.251. The fourth-order valence-electron chi connectivity index (χ4n) is 1.98. The Bertz CT molecular complexity index is 256. The lowest BCUT2D eigenvalue weighted by Crippen LogP contribution is -2.46. The lowest BCUT2D eigenvalue weighted by atomic mass is 10.2. The van der Waals surface area contributed by atoms with Crippen LogP contribution >= 0.6 is 0 Å². The molecule has 0 aliphatic carbocycles. The van der Waals surface area contributed by atoms with Crippen LogP contribution in [0.5, 0.6) is 0 Å². The molecule has 1 fully saturated rings. The number of amides is 2. The molecule has 16 heavy (non-hydrogen) atoms. The Labute approximate surface area is 96.6 Å². The van der Waals surface area contributed by atoms with Gasteiger partial charge in [0.25, 0.3) is 0 Å². The Kier molecular flexibility index (Phi) is 5.25. The van der Waals surface area contributed by atoms with E-state index in [0.717, 1.165) is 25.9 Å². The molecule has 1 saturated heterocycles. The third-order valence-electron chi connectivity index (χ3n) is 2.81. The quantitative estimate of drug-likeness (QED) is 0.635. The zero-order valence-corrected chi connectivity index (χ0v) is 10.1. The molecule has 0 bridgehead atoms. The molecule has 1 atom stereocenters. The smallest absolute Gasteiger partial charge is 0.242 e. The normalized spacial score (nSPS) is 19.9. The first kappa shape index (κ1) is 13.0. The Hall–Kier alpha value is -1.10. The van der Waals surface area contributed by atoms with Gasteiger partial charge < -0.3 is 15.5 Å². The number of nitrogens with zero attached hydrogens (tertiary/aromatic N) is 1. The molecular formula is C11H21N3O2. The summed E-state index contributed by atoms with van der Waals surface area (Å²) in [6, 6.07) is -0.251. The molecule has 1 aliphatic heterocycles. The highest BCUT2D eigenvalue weighted by Crippen LogP contribution is 2.16. The molecule has 2 amide bonds. The highest BCUT2D eigenvalue weighted by atomic mass is 16.2. The standard InChI is InChI=1S/C11H21N3O2/c1-3-12-6-7-13-11(16)10-5-4-8-14(10)9(2)15/h10,12H,3-8H2,1-2H3,(H,13,16). The summed E-state index contributed by atoms with van der Waals surface area (Å²) in [4.78, 5) is 24.7. The first-order valence-corrected chi connectivity index (χ1v) is 5.92. The Balaban J connectivity index is 2.32. The predicted molar refractivity (Wildman–Crippen MR) is 62.0 cm³/mol. The number of hydrogen-bond donors (Lipinski definition) is 2. The van der Waals surface area contributed by atoms with Crippen LogP contribution in [0.25, 0.3) is 0 Å². The first-order valence-electron chi connectivity index (χ1n) is 5.92. The molecule has 1 unspecified atom stereocenters. The monoisotopic (exact) mass is 227 g/mol. The Morgan fingerprint density at radius 1 is 1.38 bits per heavy atom. The molecule has 1 heterocycles. The summed E-state index contributed by atoms with van der Waals surface area (Å²) in [5.41, 5.74) is 0. The Morgan fingerprint density at radius 2 is 2.12 bits per heavy atom. The minimum Gasteiger partial charge on any atom is -0.353 e. The van der Waals surface area contributed by atoms with Crippen molar-refractivity contribution in [2.75, 3.05) is 26.2 Å². The molecule has 0 saturated carbocycles. The lowest BCUT2D eigenvalue weighted by molar-refractivity contribution is -0.136. The van der Waals surface area contributed by atoms with Crippen LogP contribution in [-0.4, -0.2) is 48.9 Å². The van der Waals surface area contributed by atoms with E-state index >= 15 is 0 Å². The summed E-state index contributed by atoms with van der Waals surface area (Å²) >= 11 is 0. The average molecular weight is 227 g/mol. The molecule has 5 nitrogen and oxygen atoms in total. The van der Waals surface area contributed by atoms with Crippen molar-refractivity contribution in [3.05, 3.63) is 0 Å². The van der Waals surface area contributed by atoms with Gasteiger partial charge in [-0.2, -0.15) is 0 Å². The molecular weight excluding hydrogens is 206 g/mol. The van der Waals surface area contributed by atoms with Gasteiger partial charge in [-0.3, -0.25) is 9.59 Å². The molecule has 5 heteroatoms. The maximum atomic E-state index is 11.8. The number of carbonyl (C=O) groups excluding carboxylic acids is 2. The van der Waals surface area contributed by atoms with Crippen LogP contribution in [0.3, 0.4) is 0 Å². The van der Waals surface area contributed by atoms with Gasteiger partial charge in [0.15, 0.2) is 0 Å². The third-order valence-corrected chi connectivity index (χ3v) is 2.81. The Morgan fingerprint density at radius 3 is 2.75 bits per heavy atom. The van der Waals surface area contributed by atoms with Gasteiger partial charge in [-0.1, -0.05) is 6.92 Å². The van der Waals surface area contributed by atoms with E-state index < -0.39 is 0 Å². The molecule has 1 rings (SSSR count). The van der Waals surface area contributed by atoms with Gasteiger partial charge in [-0.05, 0) is 19.4 Å². The fourth-order valence-corrected chi connectivity index (χ4v) is 1.98. The van der Waals surface area contributed by atoms with E-state index in [0.29, 0.717) is 13.1 Å². The maximum Gasteiger partial charge on any atom is 0.242 e. The third kappa shape index (κ3) is 3.48. The van der Waals surface area contributed by atoms with Crippen LogP contribution in [0.15, 0.2) is 0 Å². The van der Waals surface area contributed by atoms with Gasteiger partial charge in [0.1, 0.15) is 6.04 Å². The molecule has 92 valence electrons. The summed E-state index contributed by atoms with van der Waals surface area (Å²) in [6.45, 7) is 6.55. The molecule has 0 aromatic rings. The largest absolute Gasteiger partial charge is 0.353 e. The highest BCUT2D eigenvalue weighted by molar-refractivity contribution is 5.87. The SMILES string of the molecule is CCNCCNC(=O)C1CCCN1C(C)=O. The minimum absolute atomic E-state index is 0.00988. The number of likely N-dealkylation sites (tertiary alicyclic amines) is 1. The summed E-state index contributed by atoms with van der Waals surface area (Å²) in [5.74, 6) is -0.0325.